The second kappa shape index (κ2) is 6.36. The summed E-state index contributed by atoms with van der Waals surface area (Å²) in [5.74, 6) is 0.852. The Morgan fingerprint density at radius 2 is 2.06 bits per heavy atom. The molecular formula is C13H26N2O2. The molecule has 1 fully saturated rings. The third kappa shape index (κ3) is 3.42. The molecule has 0 aromatic heterocycles. The van der Waals surface area contributed by atoms with Crippen LogP contribution in [-0.2, 0) is 9.53 Å². The van der Waals surface area contributed by atoms with Crippen LogP contribution in [0.4, 0.5) is 0 Å². The van der Waals surface area contributed by atoms with Crippen LogP contribution in [0.1, 0.15) is 33.1 Å². The van der Waals surface area contributed by atoms with E-state index in [1.54, 1.807) is 7.11 Å². The van der Waals surface area contributed by atoms with E-state index >= 15 is 0 Å². The Bertz CT molecular complexity index is 244. The lowest BCUT2D eigenvalue weighted by Gasteiger charge is -2.37. The number of nitrogens with one attached hydrogen (secondary N) is 1. The Balaban J connectivity index is 2.51. The van der Waals surface area contributed by atoms with Crippen LogP contribution in [0, 0.1) is 5.92 Å². The molecule has 1 aliphatic rings. The van der Waals surface area contributed by atoms with Gasteiger partial charge in [-0.3, -0.25) is 4.79 Å². The molecule has 0 bridgehead atoms. The molecule has 0 spiro atoms. The molecule has 1 aliphatic heterocycles. The van der Waals surface area contributed by atoms with E-state index in [4.69, 9.17) is 4.74 Å². The van der Waals surface area contributed by atoms with Gasteiger partial charge in [-0.25, -0.2) is 0 Å². The molecule has 17 heavy (non-hydrogen) atoms. The Morgan fingerprint density at radius 1 is 1.47 bits per heavy atom. The summed E-state index contributed by atoms with van der Waals surface area (Å²) in [6.07, 6.45) is 2.91. The van der Waals surface area contributed by atoms with E-state index in [0.717, 1.165) is 38.9 Å². The van der Waals surface area contributed by atoms with Crippen LogP contribution in [0.25, 0.3) is 0 Å². The van der Waals surface area contributed by atoms with Gasteiger partial charge in [0.2, 0.25) is 0 Å². The summed E-state index contributed by atoms with van der Waals surface area (Å²) in [6, 6.07) is 0. The van der Waals surface area contributed by atoms with Crippen LogP contribution < -0.4 is 5.32 Å². The molecule has 0 aromatic rings. The van der Waals surface area contributed by atoms with Gasteiger partial charge in [0.15, 0.2) is 0 Å². The second-order valence-corrected chi connectivity index (χ2v) is 5.08. The van der Waals surface area contributed by atoms with Crippen LogP contribution in [0.15, 0.2) is 0 Å². The Kier molecular flexibility index (Phi) is 5.40. The van der Waals surface area contributed by atoms with Gasteiger partial charge < -0.3 is 15.0 Å². The fourth-order valence-corrected chi connectivity index (χ4v) is 2.35. The maximum atomic E-state index is 12.3. The third-order valence-corrected chi connectivity index (χ3v) is 3.97. The molecular weight excluding hydrogens is 216 g/mol. The maximum absolute atomic E-state index is 12.3. The highest BCUT2D eigenvalue weighted by Crippen LogP contribution is 2.23. The van der Waals surface area contributed by atoms with Crippen molar-refractivity contribution in [1.82, 2.24) is 10.2 Å². The average Bonchev–Trinajstić information content (AvgIpc) is 2.38. The topological polar surface area (TPSA) is 41.6 Å². The number of methoxy groups -OCH3 is 1. The number of likely N-dealkylation sites (tertiary alicyclic amines) is 1. The fourth-order valence-electron chi connectivity index (χ4n) is 2.35. The minimum atomic E-state index is -0.643. The number of piperidine rings is 1. The number of ether oxygens (including phenoxy) is 1. The predicted octanol–water partition coefficient (Wildman–Crippen LogP) is 1.26. The first-order chi connectivity index (χ1) is 8.07. The normalized spacial score (nSPS) is 21.3. The Morgan fingerprint density at radius 3 is 2.47 bits per heavy atom. The summed E-state index contributed by atoms with van der Waals surface area (Å²) in [5, 5.41) is 3.21. The molecule has 100 valence electrons. The SMILES string of the molecule is CCC(C)(OC)C(=O)N1CCC(CNC)CC1. The first-order valence-electron chi connectivity index (χ1n) is 6.56. The third-order valence-electron chi connectivity index (χ3n) is 3.97. The fraction of sp³-hybridized carbons (Fsp3) is 0.923. The van der Waals surface area contributed by atoms with Crippen molar-refractivity contribution in [2.75, 3.05) is 33.8 Å². The lowest BCUT2D eigenvalue weighted by atomic mass is 9.94. The van der Waals surface area contributed by atoms with Crippen LogP contribution in [0.3, 0.4) is 0 Å². The van der Waals surface area contributed by atoms with E-state index in [9.17, 15) is 4.79 Å². The molecule has 1 N–H and O–H groups in total. The van der Waals surface area contributed by atoms with Crippen molar-refractivity contribution < 1.29 is 9.53 Å². The number of hydrogen-bond donors (Lipinski definition) is 1. The molecule has 1 rings (SSSR count). The van der Waals surface area contributed by atoms with Crippen molar-refractivity contribution >= 4 is 5.91 Å². The molecule has 1 atom stereocenters. The van der Waals surface area contributed by atoms with Crippen molar-refractivity contribution in [2.45, 2.75) is 38.7 Å². The second-order valence-electron chi connectivity index (χ2n) is 5.08. The van der Waals surface area contributed by atoms with Crippen LogP contribution in [0.2, 0.25) is 0 Å². The lowest BCUT2D eigenvalue weighted by Crippen LogP contribution is -2.51. The van der Waals surface area contributed by atoms with Crippen molar-refractivity contribution in [2.24, 2.45) is 5.92 Å². The molecule has 1 unspecified atom stereocenters. The zero-order valence-corrected chi connectivity index (χ0v) is 11.6. The first-order valence-corrected chi connectivity index (χ1v) is 6.56. The first kappa shape index (κ1) is 14.5. The van der Waals surface area contributed by atoms with Crippen molar-refractivity contribution in [1.29, 1.82) is 0 Å². The number of carbonyl (C=O) groups excluding carboxylic acids is 1. The minimum Gasteiger partial charge on any atom is -0.369 e. The van der Waals surface area contributed by atoms with E-state index in [1.807, 2.05) is 25.8 Å². The molecule has 0 aliphatic carbocycles. The van der Waals surface area contributed by atoms with Gasteiger partial charge in [-0.05, 0) is 45.7 Å². The van der Waals surface area contributed by atoms with E-state index in [-0.39, 0.29) is 5.91 Å². The smallest absolute Gasteiger partial charge is 0.254 e. The number of nitrogens with zero attached hydrogens (tertiary/aromatic N) is 1. The van der Waals surface area contributed by atoms with Crippen LogP contribution >= 0.6 is 0 Å². The molecule has 4 nitrogen and oxygen atoms in total. The highest BCUT2D eigenvalue weighted by molar-refractivity contribution is 5.84. The van der Waals surface area contributed by atoms with Crippen molar-refractivity contribution in [3.63, 3.8) is 0 Å². The van der Waals surface area contributed by atoms with Crippen molar-refractivity contribution in [3.8, 4) is 0 Å². The Labute approximate surface area is 105 Å². The average molecular weight is 242 g/mol. The predicted molar refractivity (Wildman–Crippen MR) is 68.9 cm³/mol. The van der Waals surface area contributed by atoms with Gasteiger partial charge >= 0.3 is 0 Å². The van der Waals surface area contributed by atoms with Gasteiger partial charge in [-0.2, -0.15) is 0 Å². The van der Waals surface area contributed by atoms with Gasteiger partial charge in [0.25, 0.3) is 5.91 Å². The van der Waals surface area contributed by atoms with E-state index in [1.165, 1.54) is 0 Å². The highest BCUT2D eigenvalue weighted by Gasteiger charge is 2.36. The zero-order chi connectivity index (χ0) is 12.9. The van der Waals surface area contributed by atoms with Gasteiger partial charge in [0.05, 0.1) is 0 Å². The number of hydrogen-bond acceptors (Lipinski definition) is 3. The number of rotatable bonds is 5. The van der Waals surface area contributed by atoms with Gasteiger partial charge in [0, 0.05) is 20.2 Å². The summed E-state index contributed by atoms with van der Waals surface area (Å²) in [7, 11) is 3.60. The van der Waals surface area contributed by atoms with Crippen LogP contribution in [-0.4, -0.2) is 50.2 Å². The van der Waals surface area contributed by atoms with Gasteiger partial charge in [0.1, 0.15) is 5.60 Å². The number of carbonyl (C=O) groups is 1. The molecule has 1 heterocycles. The summed E-state index contributed by atoms with van der Waals surface area (Å²) in [4.78, 5) is 14.3. The largest absolute Gasteiger partial charge is 0.369 e. The van der Waals surface area contributed by atoms with Gasteiger partial charge in [-0.1, -0.05) is 6.92 Å². The van der Waals surface area contributed by atoms with Gasteiger partial charge in [-0.15, -0.1) is 0 Å². The van der Waals surface area contributed by atoms with E-state index in [2.05, 4.69) is 5.32 Å². The standard InChI is InChI=1S/C13H26N2O2/c1-5-13(2,17-4)12(16)15-8-6-11(7-9-15)10-14-3/h11,14H,5-10H2,1-4H3. The Hall–Kier alpha value is -0.610. The van der Waals surface area contributed by atoms with E-state index < -0.39 is 5.60 Å². The monoisotopic (exact) mass is 242 g/mol. The van der Waals surface area contributed by atoms with Crippen molar-refractivity contribution in [3.05, 3.63) is 0 Å². The number of amides is 1. The van der Waals surface area contributed by atoms with Crippen LogP contribution in [0.5, 0.6) is 0 Å². The molecule has 0 aromatic carbocycles. The zero-order valence-electron chi connectivity index (χ0n) is 11.6. The molecule has 1 saturated heterocycles. The summed E-state index contributed by atoms with van der Waals surface area (Å²) < 4.78 is 5.37. The summed E-state index contributed by atoms with van der Waals surface area (Å²) >= 11 is 0. The molecule has 4 heteroatoms. The summed E-state index contributed by atoms with van der Waals surface area (Å²) in [6.45, 7) is 6.66. The highest BCUT2D eigenvalue weighted by atomic mass is 16.5. The summed E-state index contributed by atoms with van der Waals surface area (Å²) in [5.41, 5.74) is -0.643. The molecule has 1 amide bonds. The lowest BCUT2D eigenvalue weighted by molar-refractivity contribution is -0.154. The van der Waals surface area contributed by atoms with E-state index in [0.29, 0.717) is 5.92 Å². The minimum absolute atomic E-state index is 0.144. The maximum Gasteiger partial charge on any atom is 0.254 e. The molecule has 0 radical (unpaired) electrons. The quantitative estimate of drug-likeness (QED) is 0.789. The molecule has 0 saturated carbocycles.